The molecule has 1 aliphatic carbocycles. The minimum absolute atomic E-state index is 0.00921. The van der Waals surface area contributed by atoms with Gasteiger partial charge < -0.3 is 15.2 Å². The molecule has 2 aromatic rings. The molecule has 1 amide bonds. The smallest absolute Gasteiger partial charge is 0.254 e. The minimum atomic E-state index is -0.593. The number of aromatic amines is 1. The molecular formula is C18H23N3O3. The fourth-order valence-corrected chi connectivity index (χ4v) is 3.07. The SMILES string of the molecule is Cc1ccc(O[C@@H]2CCC[C@H](CNC(=O)c3cn[nH]c3)[C@H]2O)cc1. The van der Waals surface area contributed by atoms with E-state index in [9.17, 15) is 9.90 Å². The summed E-state index contributed by atoms with van der Waals surface area (Å²) in [5.74, 6) is 0.579. The number of benzene rings is 1. The average molecular weight is 329 g/mol. The van der Waals surface area contributed by atoms with Crippen molar-refractivity contribution in [3.8, 4) is 5.75 Å². The number of aliphatic hydroxyl groups excluding tert-OH is 1. The molecule has 3 N–H and O–H groups in total. The summed E-state index contributed by atoms with van der Waals surface area (Å²) in [6.07, 6.45) is 4.87. The van der Waals surface area contributed by atoms with Crippen molar-refractivity contribution in [2.24, 2.45) is 5.92 Å². The van der Waals surface area contributed by atoms with Gasteiger partial charge >= 0.3 is 0 Å². The van der Waals surface area contributed by atoms with Crippen molar-refractivity contribution in [2.45, 2.75) is 38.4 Å². The summed E-state index contributed by atoms with van der Waals surface area (Å²) in [4.78, 5) is 12.0. The maximum Gasteiger partial charge on any atom is 0.254 e. The molecule has 0 spiro atoms. The summed E-state index contributed by atoms with van der Waals surface area (Å²) in [6.45, 7) is 2.46. The summed E-state index contributed by atoms with van der Waals surface area (Å²) in [5.41, 5.74) is 1.67. The van der Waals surface area contributed by atoms with Gasteiger partial charge in [0.2, 0.25) is 0 Å². The van der Waals surface area contributed by atoms with Crippen LogP contribution in [0.5, 0.6) is 5.75 Å². The molecule has 1 aliphatic rings. The minimum Gasteiger partial charge on any atom is -0.488 e. The lowest BCUT2D eigenvalue weighted by Crippen LogP contribution is -2.45. The zero-order chi connectivity index (χ0) is 16.9. The highest BCUT2D eigenvalue weighted by Crippen LogP contribution is 2.28. The Hall–Kier alpha value is -2.34. The van der Waals surface area contributed by atoms with Crippen molar-refractivity contribution in [2.75, 3.05) is 6.54 Å². The molecule has 24 heavy (non-hydrogen) atoms. The zero-order valence-electron chi connectivity index (χ0n) is 13.7. The monoisotopic (exact) mass is 329 g/mol. The Morgan fingerprint density at radius 2 is 2.17 bits per heavy atom. The molecule has 128 valence electrons. The first-order valence-electron chi connectivity index (χ1n) is 8.32. The Morgan fingerprint density at radius 3 is 2.88 bits per heavy atom. The third-order valence-corrected chi connectivity index (χ3v) is 4.52. The molecule has 0 bridgehead atoms. The molecule has 1 fully saturated rings. The van der Waals surface area contributed by atoms with E-state index in [-0.39, 0.29) is 17.9 Å². The second-order valence-corrected chi connectivity index (χ2v) is 6.35. The Bertz CT molecular complexity index is 655. The van der Waals surface area contributed by atoms with Crippen molar-refractivity contribution in [1.82, 2.24) is 15.5 Å². The predicted octanol–water partition coefficient (Wildman–Crippen LogP) is 2.06. The first-order chi connectivity index (χ1) is 11.6. The van der Waals surface area contributed by atoms with E-state index in [1.165, 1.54) is 11.8 Å². The van der Waals surface area contributed by atoms with Crippen LogP contribution in [0.1, 0.15) is 35.2 Å². The fourth-order valence-electron chi connectivity index (χ4n) is 3.07. The highest BCUT2D eigenvalue weighted by atomic mass is 16.5. The summed E-state index contributed by atoms with van der Waals surface area (Å²) in [6, 6.07) is 7.83. The van der Waals surface area contributed by atoms with Crippen molar-refractivity contribution < 1.29 is 14.6 Å². The highest BCUT2D eigenvalue weighted by molar-refractivity contribution is 5.93. The Balaban J connectivity index is 1.55. The first kappa shape index (κ1) is 16.5. The molecular weight excluding hydrogens is 306 g/mol. The first-order valence-corrected chi connectivity index (χ1v) is 8.32. The third-order valence-electron chi connectivity index (χ3n) is 4.52. The number of ether oxygens (including phenoxy) is 1. The van der Waals surface area contributed by atoms with Crippen LogP contribution < -0.4 is 10.1 Å². The number of carbonyl (C=O) groups is 1. The van der Waals surface area contributed by atoms with Crippen molar-refractivity contribution >= 4 is 5.91 Å². The lowest BCUT2D eigenvalue weighted by Gasteiger charge is -2.35. The highest BCUT2D eigenvalue weighted by Gasteiger charge is 2.33. The van der Waals surface area contributed by atoms with E-state index >= 15 is 0 Å². The number of H-pyrrole nitrogens is 1. The molecule has 0 unspecified atom stereocenters. The van der Waals surface area contributed by atoms with Crippen LogP contribution in [-0.2, 0) is 0 Å². The van der Waals surface area contributed by atoms with Gasteiger partial charge in [-0.25, -0.2) is 0 Å². The normalized spacial score (nSPS) is 23.7. The number of aromatic nitrogens is 2. The molecule has 1 aromatic heterocycles. The lowest BCUT2D eigenvalue weighted by atomic mass is 9.84. The van der Waals surface area contributed by atoms with Gasteiger partial charge in [0.15, 0.2) is 0 Å². The van der Waals surface area contributed by atoms with Crippen LogP contribution in [0.2, 0.25) is 0 Å². The second-order valence-electron chi connectivity index (χ2n) is 6.35. The van der Waals surface area contributed by atoms with Gasteiger partial charge in [-0.15, -0.1) is 0 Å². The molecule has 6 nitrogen and oxygen atoms in total. The number of nitrogens with zero attached hydrogens (tertiary/aromatic N) is 1. The molecule has 0 aliphatic heterocycles. The lowest BCUT2D eigenvalue weighted by molar-refractivity contribution is -0.0301. The topological polar surface area (TPSA) is 87.2 Å². The standard InChI is InChI=1S/C18H23N3O3/c1-12-5-7-15(8-6-12)24-16-4-2-3-13(17(16)22)9-19-18(23)14-10-20-21-11-14/h5-8,10-11,13,16-17,22H,2-4,9H2,1H3,(H,19,23)(H,20,21)/t13-,16-,17-/m1/s1. The van der Waals surface area contributed by atoms with E-state index in [0.717, 1.165) is 25.0 Å². The molecule has 1 aromatic carbocycles. The van der Waals surface area contributed by atoms with Crippen molar-refractivity contribution in [3.05, 3.63) is 47.8 Å². The molecule has 3 atom stereocenters. The van der Waals surface area contributed by atoms with Crippen LogP contribution in [0.15, 0.2) is 36.7 Å². The van der Waals surface area contributed by atoms with Crippen molar-refractivity contribution in [1.29, 1.82) is 0 Å². The average Bonchev–Trinajstić information content (AvgIpc) is 3.12. The van der Waals surface area contributed by atoms with Crippen molar-refractivity contribution in [3.63, 3.8) is 0 Å². The van der Waals surface area contributed by atoms with E-state index in [1.807, 2.05) is 31.2 Å². The van der Waals surface area contributed by atoms with Gasteiger partial charge in [-0.3, -0.25) is 9.89 Å². The molecule has 0 saturated heterocycles. The van der Waals surface area contributed by atoms with E-state index < -0.39 is 6.10 Å². The number of amides is 1. The summed E-state index contributed by atoms with van der Waals surface area (Å²) in [7, 11) is 0. The summed E-state index contributed by atoms with van der Waals surface area (Å²) >= 11 is 0. The van der Waals surface area contributed by atoms with Gasteiger partial charge in [-0.05, 0) is 38.3 Å². The van der Waals surface area contributed by atoms with Gasteiger partial charge in [0, 0.05) is 18.7 Å². The maximum atomic E-state index is 12.0. The van der Waals surface area contributed by atoms with Gasteiger partial charge in [0.1, 0.15) is 11.9 Å². The predicted molar refractivity (Wildman–Crippen MR) is 89.9 cm³/mol. The number of nitrogens with one attached hydrogen (secondary N) is 2. The van der Waals surface area contributed by atoms with Crippen LogP contribution in [0.4, 0.5) is 0 Å². The Kier molecular flexibility index (Phi) is 5.15. The quantitative estimate of drug-likeness (QED) is 0.783. The number of hydrogen-bond donors (Lipinski definition) is 3. The largest absolute Gasteiger partial charge is 0.488 e. The van der Waals surface area contributed by atoms with E-state index in [1.54, 1.807) is 6.20 Å². The van der Waals surface area contributed by atoms with Crippen LogP contribution >= 0.6 is 0 Å². The molecule has 0 radical (unpaired) electrons. The molecule has 1 heterocycles. The third kappa shape index (κ3) is 3.94. The van der Waals surface area contributed by atoms with E-state index in [2.05, 4.69) is 15.5 Å². The molecule has 6 heteroatoms. The van der Waals surface area contributed by atoms with Gasteiger partial charge in [-0.2, -0.15) is 5.10 Å². The number of aryl methyl sites for hydroxylation is 1. The van der Waals surface area contributed by atoms with Gasteiger partial charge in [-0.1, -0.05) is 17.7 Å². The second kappa shape index (κ2) is 7.49. The van der Waals surface area contributed by atoms with Crippen LogP contribution in [0.3, 0.4) is 0 Å². The van der Waals surface area contributed by atoms with Crippen LogP contribution in [-0.4, -0.2) is 40.0 Å². The molecule has 3 rings (SSSR count). The summed E-state index contributed by atoms with van der Waals surface area (Å²) in [5, 5.41) is 19.8. The number of aliphatic hydroxyl groups is 1. The number of rotatable bonds is 5. The Morgan fingerprint density at radius 1 is 1.38 bits per heavy atom. The number of hydrogen-bond acceptors (Lipinski definition) is 4. The maximum absolute atomic E-state index is 12.0. The van der Waals surface area contributed by atoms with E-state index in [0.29, 0.717) is 12.1 Å². The molecule has 1 saturated carbocycles. The zero-order valence-corrected chi connectivity index (χ0v) is 13.7. The Labute approximate surface area is 141 Å². The van der Waals surface area contributed by atoms with E-state index in [4.69, 9.17) is 4.74 Å². The van der Waals surface area contributed by atoms with Gasteiger partial charge in [0.05, 0.1) is 17.9 Å². The summed E-state index contributed by atoms with van der Waals surface area (Å²) < 4.78 is 5.95. The van der Waals surface area contributed by atoms with Gasteiger partial charge in [0.25, 0.3) is 5.91 Å². The van der Waals surface area contributed by atoms with Crippen LogP contribution in [0, 0.1) is 12.8 Å². The number of carbonyl (C=O) groups excluding carboxylic acids is 1. The fraction of sp³-hybridized carbons (Fsp3) is 0.444. The van der Waals surface area contributed by atoms with Crippen LogP contribution in [0.25, 0.3) is 0 Å².